The minimum Gasteiger partial charge on any atom is -0.497 e. The molecule has 4 rings (SSSR count). The molecule has 0 saturated heterocycles. The van der Waals surface area contributed by atoms with E-state index in [2.05, 4.69) is 10.2 Å². The number of carbonyl (C=O) groups excluding carboxylic acids is 2. The molecule has 2 aromatic carbocycles. The molecule has 0 saturated carbocycles. The zero-order valence-corrected chi connectivity index (χ0v) is 17.9. The van der Waals surface area contributed by atoms with Gasteiger partial charge in [0.15, 0.2) is 11.6 Å². The third kappa shape index (κ3) is 3.39. The average Bonchev–Trinajstić information content (AvgIpc) is 3.16. The van der Waals surface area contributed by atoms with Gasteiger partial charge in [-0.3, -0.25) is 9.59 Å². The second-order valence-electron chi connectivity index (χ2n) is 6.88. The number of Topliss-reactive ketones (excluding diaryl/α,β-unsaturated/α-hetero) is 1. The Kier molecular flexibility index (Phi) is 5.17. The fourth-order valence-electron chi connectivity index (χ4n) is 3.27. The standard InChI is InChI=1S/C22H20N4O3S/c1-13-5-7-17(8-6-13)21-23-24-22-26(21)25(15(3)28)19(20(30-22)14(2)27)16-9-11-18(29-4)12-10-16/h5-12H,1-4H3. The van der Waals surface area contributed by atoms with E-state index < -0.39 is 0 Å². The van der Waals surface area contributed by atoms with Crippen molar-refractivity contribution in [1.29, 1.82) is 0 Å². The minimum atomic E-state index is -0.255. The molecule has 0 bridgehead atoms. The number of methoxy groups -OCH3 is 1. The van der Waals surface area contributed by atoms with Crippen molar-refractivity contribution in [2.24, 2.45) is 0 Å². The molecule has 7 nitrogen and oxygen atoms in total. The van der Waals surface area contributed by atoms with Gasteiger partial charge in [0.1, 0.15) is 5.75 Å². The highest BCUT2D eigenvalue weighted by molar-refractivity contribution is 8.04. The monoisotopic (exact) mass is 420 g/mol. The van der Waals surface area contributed by atoms with Crippen LogP contribution in [0.4, 0.5) is 0 Å². The summed E-state index contributed by atoms with van der Waals surface area (Å²) >= 11 is 1.21. The molecule has 0 radical (unpaired) electrons. The van der Waals surface area contributed by atoms with Crippen molar-refractivity contribution in [2.45, 2.75) is 25.9 Å². The van der Waals surface area contributed by atoms with Gasteiger partial charge in [-0.25, -0.2) is 5.01 Å². The van der Waals surface area contributed by atoms with Crippen LogP contribution < -0.4 is 9.75 Å². The van der Waals surface area contributed by atoms with Crippen LogP contribution in [-0.4, -0.2) is 33.7 Å². The fraction of sp³-hybridized carbons (Fsp3) is 0.182. The van der Waals surface area contributed by atoms with Crippen LogP contribution in [0.25, 0.3) is 17.1 Å². The Morgan fingerprint density at radius 1 is 0.933 bits per heavy atom. The number of benzene rings is 2. The summed E-state index contributed by atoms with van der Waals surface area (Å²) in [7, 11) is 1.59. The van der Waals surface area contributed by atoms with Crippen LogP contribution >= 0.6 is 11.8 Å². The molecular weight excluding hydrogens is 400 g/mol. The van der Waals surface area contributed by atoms with E-state index in [4.69, 9.17) is 4.74 Å². The molecule has 0 fully saturated rings. The highest BCUT2D eigenvalue weighted by Gasteiger charge is 2.35. The number of nitrogens with zero attached hydrogens (tertiary/aromatic N) is 4. The molecule has 1 amide bonds. The lowest BCUT2D eigenvalue weighted by molar-refractivity contribution is -0.117. The molecule has 152 valence electrons. The molecule has 30 heavy (non-hydrogen) atoms. The first kappa shape index (κ1) is 19.9. The normalized spacial score (nSPS) is 13.3. The van der Waals surface area contributed by atoms with Gasteiger partial charge in [-0.15, -0.1) is 10.2 Å². The molecular formula is C22H20N4O3S. The molecule has 0 spiro atoms. The van der Waals surface area contributed by atoms with Gasteiger partial charge in [0.25, 0.3) is 0 Å². The number of hydrogen-bond donors (Lipinski definition) is 0. The number of carbonyl (C=O) groups is 2. The van der Waals surface area contributed by atoms with Crippen molar-refractivity contribution in [3.05, 3.63) is 64.6 Å². The SMILES string of the molecule is COc1ccc(C2=C(C(C)=O)Sc3nnc(-c4ccc(C)cc4)n3N2C(C)=O)cc1. The summed E-state index contributed by atoms with van der Waals surface area (Å²) in [6, 6.07) is 15.1. The first-order valence-corrected chi connectivity index (χ1v) is 10.1. The smallest absolute Gasteiger partial charge is 0.243 e. The van der Waals surface area contributed by atoms with Gasteiger partial charge in [-0.1, -0.05) is 29.8 Å². The highest BCUT2D eigenvalue weighted by atomic mass is 32.2. The van der Waals surface area contributed by atoms with Crippen molar-refractivity contribution in [2.75, 3.05) is 12.1 Å². The van der Waals surface area contributed by atoms with E-state index in [1.54, 1.807) is 23.9 Å². The predicted octanol–water partition coefficient (Wildman–Crippen LogP) is 3.81. The van der Waals surface area contributed by atoms with E-state index in [9.17, 15) is 9.59 Å². The van der Waals surface area contributed by atoms with Gasteiger partial charge in [-0.05, 0) is 49.9 Å². The summed E-state index contributed by atoms with van der Waals surface area (Å²) in [5.74, 6) is 0.811. The van der Waals surface area contributed by atoms with E-state index >= 15 is 0 Å². The number of amides is 1. The number of ketones is 1. The van der Waals surface area contributed by atoms with E-state index in [0.29, 0.717) is 27.3 Å². The molecule has 8 heteroatoms. The quantitative estimate of drug-likeness (QED) is 0.639. The molecule has 1 aliphatic rings. The van der Waals surface area contributed by atoms with Crippen molar-refractivity contribution in [3.63, 3.8) is 0 Å². The maximum atomic E-state index is 12.8. The molecule has 0 N–H and O–H groups in total. The number of thioether (sulfide) groups is 1. The topological polar surface area (TPSA) is 77.3 Å². The maximum absolute atomic E-state index is 12.8. The van der Waals surface area contributed by atoms with Gasteiger partial charge in [0, 0.05) is 18.1 Å². The van der Waals surface area contributed by atoms with Gasteiger partial charge in [-0.2, -0.15) is 4.68 Å². The number of fused-ring (bicyclic) bond motifs is 1. The lowest BCUT2D eigenvalue weighted by Crippen LogP contribution is -2.41. The Hall–Kier alpha value is -3.39. The van der Waals surface area contributed by atoms with E-state index in [1.807, 2.05) is 43.3 Å². The van der Waals surface area contributed by atoms with Crippen molar-refractivity contribution >= 4 is 29.1 Å². The first-order valence-electron chi connectivity index (χ1n) is 9.31. The van der Waals surface area contributed by atoms with Crippen LogP contribution in [0.15, 0.2) is 58.6 Å². The first-order chi connectivity index (χ1) is 14.4. The van der Waals surface area contributed by atoms with Crippen LogP contribution in [0.5, 0.6) is 5.75 Å². The summed E-state index contributed by atoms with van der Waals surface area (Å²) in [5.41, 5.74) is 3.17. The van der Waals surface area contributed by atoms with Crippen molar-refractivity contribution in [3.8, 4) is 17.1 Å². The number of ether oxygens (including phenoxy) is 1. The number of allylic oxidation sites excluding steroid dienone is 1. The Balaban J connectivity index is 1.93. The number of aryl methyl sites for hydroxylation is 1. The second kappa shape index (κ2) is 7.79. The summed E-state index contributed by atoms with van der Waals surface area (Å²) in [4.78, 5) is 25.8. The lowest BCUT2D eigenvalue weighted by atomic mass is 10.1. The molecule has 0 atom stereocenters. The third-order valence-electron chi connectivity index (χ3n) is 4.72. The second-order valence-corrected chi connectivity index (χ2v) is 7.86. The zero-order valence-electron chi connectivity index (χ0n) is 17.0. The summed E-state index contributed by atoms with van der Waals surface area (Å²) in [6.45, 7) is 4.95. The van der Waals surface area contributed by atoms with E-state index in [-0.39, 0.29) is 11.7 Å². The fourth-order valence-corrected chi connectivity index (χ4v) is 4.23. The minimum absolute atomic E-state index is 0.150. The predicted molar refractivity (Wildman–Crippen MR) is 116 cm³/mol. The van der Waals surface area contributed by atoms with Crippen molar-refractivity contribution in [1.82, 2.24) is 14.9 Å². The largest absolute Gasteiger partial charge is 0.497 e. The van der Waals surface area contributed by atoms with Crippen LogP contribution in [0.1, 0.15) is 25.0 Å². The molecule has 0 unspecified atom stereocenters. The van der Waals surface area contributed by atoms with Crippen LogP contribution in [-0.2, 0) is 9.59 Å². The molecule has 0 aliphatic carbocycles. The Labute approximate surface area is 178 Å². The summed E-state index contributed by atoms with van der Waals surface area (Å²) in [5, 5.41) is 10.5. The van der Waals surface area contributed by atoms with Gasteiger partial charge >= 0.3 is 0 Å². The van der Waals surface area contributed by atoms with Crippen LogP contribution in [0.3, 0.4) is 0 Å². The Morgan fingerprint density at radius 2 is 1.57 bits per heavy atom. The van der Waals surface area contributed by atoms with Crippen LogP contribution in [0.2, 0.25) is 0 Å². The van der Waals surface area contributed by atoms with E-state index in [1.165, 1.54) is 30.6 Å². The van der Waals surface area contributed by atoms with Gasteiger partial charge in [0.05, 0.1) is 17.7 Å². The number of aromatic nitrogens is 3. The maximum Gasteiger partial charge on any atom is 0.243 e. The average molecular weight is 420 g/mol. The third-order valence-corrected chi connectivity index (χ3v) is 5.85. The molecule has 2 heterocycles. The lowest BCUT2D eigenvalue weighted by Gasteiger charge is -2.32. The Morgan fingerprint density at radius 3 is 2.13 bits per heavy atom. The van der Waals surface area contributed by atoms with Crippen molar-refractivity contribution < 1.29 is 14.3 Å². The van der Waals surface area contributed by atoms with Gasteiger partial charge < -0.3 is 4.74 Å². The number of rotatable bonds is 4. The summed E-state index contributed by atoms with van der Waals surface area (Å²) < 4.78 is 6.91. The van der Waals surface area contributed by atoms with Crippen LogP contribution in [0, 0.1) is 6.92 Å². The molecule has 3 aromatic rings. The molecule has 1 aromatic heterocycles. The highest BCUT2D eigenvalue weighted by Crippen LogP contribution is 2.41. The van der Waals surface area contributed by atoms with Gasteiger partial charge in [0.2, 0.25) is 11.1 Å². The van der Waals surface area contributed by atoms with E-state index in [0.717, 1.165) is 16.7 Å². The summed E-state index contributed by atoms with van der Waals surface area (Å²) in [6.07, 6.45) is 0. The molecule has 1 aliphatic heterocycles. The number of hydrogen-bond acceptors (Lipinski definition) is 6. The Bertz CT molecular complexity index is 1160. The zero-order chi connectivity index (χ0) is 21.4.